The summed E-state index contributed by atoms with van der Waals surface area (Å²) in [6.07, 6.45) is 0. The zero-order valence-corrected chi connectivity index (χ0v) is 5.24. The van der Waals surface area contributed by atoms with E-state index < -0.39 is 0 Å². The summed E-state index contributed by atoms with van der Waals surface area (Å²) in [5.41, 5.74) is 7.10. The van der Waals surface area contributed by atoms with Gasteiger partial charge in [-0.1, -0.05) is 35.2 Å². The lowest BCUT2D eigenvalue weighted by atomic mass is 10.2. The van der Waals surface area contributed by atoms with Crippen LogP contribution in [0.5, 0.6) is 0 Å². The first kappa shape index (κ1) is 6.74. The maximum Gasteiger partial charge on any atom is 0.380 e. The molecule has 0 aromatic heterocycles. The van der Waals surface area contributed by atoms with E-state index in [4.69, 9.17) is 5.53 Å². The fourth-order valence-corrected chi connectivity index (χ4v) is 0.630. The van der Waals surface area contributed by atoms with Crippen molar-refractivity contribution in [1.82, 2.24) is 0 Å². The van der Waals surface area contributed by atoms with Gasteiger partial charge in [0, 0.05) is 5.56 Å². The van der Waals surface area contributed by atoms with Gasteiger partial charge >= 0.3 is 6.54 Å². The largest absolute Gasteiger partial charge is 0.599 e. The molecule has 0 saturated heterocycles. The predicted octanol–water partition coefficient (Wildman–Crippen LogP) is 1.61. The van der Waals surface area contributed by atoms with Crippen molar-refractivity contribution in [3.05, 3.63) is 47.6 Å². The Balaban J connectivity index is 2.67. The standard InChI is InChI=1S/C7H6N2O/c8-9(10)6-7-4-2-1-3-5-7/h1-5,8H. The number of rotatable bonds is 2. The Morgan fingerprint density at radius 1 is 1.30 bits per heavy atom. The minimum atomic E-state index is -0.0880. The van der Waals surface area contributed by atoms with Crippen LogP contribution in [0.2, 0.25) is 0 Å². The summed E-state index contributed by atoms with van der Waals surface area (Å²) in [6.45, 7) is 2.25. The summed E-state index contributed by atoms with van der Waals surface area (Å²) >= 11 is 0. The molecule has 0 fully saturated rings. The monoisotopic (exact) mass is 134 g/mol. The molecule has 0 heterocycles. The Morgan fingerprint density at radius 2 is 1.90 bits per heavy atom. The van der Waals surface area contributed by atoms with E-state index in [9.17, 15) is 5.21 Å². The van der Waals surface area contributed by atoms with Gasteiger partial charge in [-0.25, -0.2) is 0 Å². The average molecular weight is 134 g/mol. The minimum absolute atomic E-state index is 0.0880. The van der Waals surface area contributed by atoms with Gasteiger partial charge in [-0.3, -0.25) is 0 Å². The van der Waals surface area contributed by atoms with Gasteiger partial charge in [0.05, 0.1) is 0 Å². The molecule has 0 bridgehead atoms. The number of nitrogens with zero attached hydrogens (tertiary/aromatic N) is 1. The van der Waals surface area contributed by atoms with Crippen molar-refractivity contribution in [3.8, 4) is 0 Å². The number of hydroxylamine groups is 1. The smallest absolute Gasteiger partial charge is 0.380 e. The van der Waals surface area contributed by atoms with Crippen LogP contribution < -0.4 is 0 Å². The molecule has 0 aliphatic heterocycles. The molecular weight excluding hydrogens is 128 g/mol. The second kappa shape index (κ2) is 2.96. The van der Waals surface area contributed by atoms with Gasteiger partial charge in [0.2, 0.25) is 0 Å². The van der Waals surface area contributed by atoms with Crippen LogP contribution in [0.3, 0.4) is 0 Å². The number of benzene rings is 1. The third kappa shape index (κ3) is 1.85. The van der Waals surface area contributed by atoms with Crippen LogP contribution in [-0.2, 0) is 0 Å². The summed E-state index contributed by atoms with van der Waals surface area (Å²) < 4.78 is 0. The third-order valence-corrected chi connectivity index (χ3v) is 1.00. The predicted molar refractivity (Wildman–Crippen MR) is 35.1 cm³/mol. The highest BCUT2D eigenvalue weighted by atomic mass is 16.5. The summed E-state index contributed by atoms with van der Waals surface area (Å²) in [7, 11) is 0. The van der Waals surface area contributed by atoms with Crippen molar-refractivity contribution < 1.29 is 4.86 Å². The number of hydrogen-bond donors (Lipinski definition) is 1. The quantitative estimate of drug-likeness (QED) is 0.284. The maximum atomic E-state index is 10.1. The molecule has 0 spiro atoms. The molecule has 0 aliphatic rings. The van der Waals surface area contributed by atoms with E-state index in [1.807, 2.05) is 6.07 Å². The molecular formula is C7H6N2O. The Labute approximate surface area is 59.0 Å². The van der Waals surface area contributed by atoms with Crippen molar-refractivity contribution in [2.24, 2.45) is 0 Å². The molecule has 0 unspecified atom stereocenters. The third-order valence-electron chi connectivity index (χ3n) is 1.00. The van der Waals surface area contributed by atoms with Gasteiger partial charge in [0.1, 0.15) is 0 Å². The van der Waals surface area contributed by atoms with Gasteiger partial charge in [0.25, 0.3) is 0 Å². The topological polar surface area (TPSA) is 49.9 Å². The lowest BCUT2D eigenvalue weighted by Gasteiger charge is -1.92. The Kier molecular flexibility index (Phi) is 1.99. The molecule has 1 aromatic carbocycles. The van der Waals surface area contributed by atoms with Crippen LogP contribution in [0, 0.1) is 17.3 Å². The molecule has 10 heavy (non-hydrogen) atoms. The van der Waals surface area contributed by atoms with E-state index in [0.29, 0.717) is 5.56 Å². The van der Waals surface area contributed by atoms with Crippen LogP contribution >= 0.6 is 0 Å². The van der Waals surface area contributed by atoms with Crippen LogP contribution in [-0.4, -0.2) is 4.86 Å². The van der Waals surface area contributed by atoms with Crippen LogP contribution in [0.25, 0.3) is 0 Å². The lowest BCUT2D eigenvalue weighted by molar-refractivity contribution is -0.506. The summed E-state index contributed by atoms with van der Waals surface area (Å²) in [5.74, 6) is 0. The zero-order valence-electron chi connectivity index (χ0n) is 5.24. The zero-order chi connectivity index (χ0) is 7.40. The van der Waals surface area contributed by atoms with Crippen molar-refractivity contribution in [1.29, 1.82) is 5.53 Å². The molecule has 3 nitrogen and oxygen atoms in total. The molecule has 0 aliphatic carbocycles. The van der Waals surface area contributed by atoms with Gasteiger partial charge in [-0.2, -0.15) is 0 Å². The van der Waals surface area contributed by atoms with E-state index in [1.165, 1.54) is 0 Å². The highest BCUT2D eigenvalue weighted by Crippen LogP contribution is 2.00. The molecule has 3 heteroatoms. The Bertz CT molecular complexity index is 220. The van der Waals surface area contributed by atoms with Gasteiger partial charge < -0.3 is 5.21 Å². The van der Waals surface area contributed by atoms with E-state index >= 15 is 0 Å². The fourth-order valence-electron chi connectivity index (χ4n) is 0.630. The SMILES string of the molecule is N=[N+]([O-])[C]c1ccccc1. The first-order valence-electron chi connectivity index (χ1n) is 2.79. The molecule has 1 rings (SSSR count). The van der Waals surface area contributed by atoms with E-state index in [0.717, 1.165) is 0 Å². The van der Waals surface area contributed by atoms with Crippen LogP contribution in [0.1, 0.15) is 5.56 Å². The molecule has 1 aromatic rings. The van der Waals surface area contributed by atoms with Crippen molar-refractivity contribution in [2.75, 3.05) is 0 Å². The second-order valence-electron chi connectivity index (χ2n) is 1.77. The molecule has 0 atom stereocenters. The highest BCUT2D eigenvalue weighted by Gasteiger charge is 2.00. The van der Waals surface area contributed by atoms with Crippen molar-refractivity contribution >= 4 is 0 Å². The number of nitrogens with one attached hydrogen (secondary N) is 1. The normalized spacial score (nSPS) is 9.20. The Morgan fingerprint density at radius 3 is 2.40 bits per heavy atom. The summed E-state index contributed by atoms with van der Waals surface area (Å²) in [4.78, 5) is -0.0880. The molecule has 50 valence electrons. The Hall–Kier alpha value is -1.38. The van der Waals surface area contributed by atoms with Crippen LogP contribution in [0.4, 0.5) is 0 Å². The van der Waals surface area contributed by atoms with Crippen molar-refractivity contribution in [3.63, 3.8) is 0 Å². The summed E-state index contributed by atoms with van der Waals surface area (Å²) in [6, 6.07) is 8.82. The fraction of sp³-hybridized carbons (Fsp3) is 0. The lowest BCUT2D eigenvalue weighted by Crippen LogP contribution is -1.93. The minimum Gasteiger partial charge on any atom is -0.599 e. The van der Waals surface area contributed by atoms with Gasteiger partial charge in [-0.15, -0.1) is 0 Å². The van der Waals surface area contributed by atoms with E-state index in [-0.39, 0.29) is 4.86 Å². The van der Waals surface area contributed by atoms with Crippen molar-refractivity contribution in [2.45, 2.75) is 0 Å². The summed E-state index contributed by atoms with van der Waals surface area (Å²) in [5, 5.41) is 10.1. The van der Waals surface area contributed by atoms with Gasteiger partial charge in [-0.05, 0) is 5.53 Å². The average Bonchev–Trinajstić information content (AvgIpc) is 1.88. The molecule has 2 radical (unpaired) electrons. The first-order valence-corrected chi connectivity index (χ1v) is 2.79. The second-order valence-corrected chi connectivity index (χ2v) is 1.77. The van der Waals surface area contributed by atoms with Gasteiger partial charge in [0.15, 0.2) is 0 Å². The first-order chi connectivity index (χ1) is 4.79. The van der Waals surface area contributed by atoms with E-state index in [2.05, 4.69) is 6.54 Å². The molecule has 1 N–H and O–H groups in total. The number of hydrogen-bond acceptors (Lipinski definition) is 2. The van der Waals surface area contributed by atoms with Crippen LogP contribution in [0.15, 0.2) is 30.3 Å². The molecule has 0 amide bonds. The van der Waals surface area contributed by atoms with E-state index in [1.54, 1.807) is 24.3 Å². The molecule has 0 saturated carbocycles. The highest BCUT2D eigenvalue weighted by molar-refractivity contribution is 5.19. The maximum absolute atomic E-state index is 10.1.